The van der Waals surface area contributed by atoms with E-state index in [1.54, 1.807) is 6.07 Å². The molecule has 1 aromatic heterocycles. The van der Waals surface area contributed by atoms with Gasteiger partial charge in [-0.25, -0.2) is 0 Å². The fourth-order valence-electron chi connectivity index (χ4n) is 1.76. The third-order valence-corrected chi connectivity index (χ3v) is 2.79. The molecule has 0 aliphatic carbocycles. The highest BCUT2D eigenvalue weighted by Gasteiger charge is 2.03. The molecular weight excluding hydrogens is 224 g/mol. The van der Waals surface area contributed by atoms with E-state index in [1.165, 1.54) is 17.3 Å². The van der Waals surface area contributed by atoms with E-state index in [0.29, 0.717) is 11.4 Å². The van der Waals surface area contributed by atoms with E-state index < -0.39 is 0 Å². The molecule has 4 heteroatoms. The predicted molar refractivity (Wildman–Crippen MR) is 70.1 cm³/mol. The zero-order valence-corrected chi connectivity index (χ0v) is 10.2. The Balaban J connectivity index is 1.97. The van der Waals surface area contributed by atoms with Gasteiger partial charge in [0.15, 0.2) is 5.82 Å². The van der Waals surface area contributed by atoms with Crippen LogP contribution in [0, 0.1) is 18.3 Å². The number of nitrogens with zero attached hydrogens (tertiary/aromatic N) is 3. The van der Waals surface area contributed by atoms with Crippen molar-refractivity contribution >= 4 is 5.82 Å². The van der Waals surface area contributed by atoms with E-state index in [4.69, 9.17) is 5.26 Å². The fourth-order valence-corrected chi connectivity index (χ4v) is 1.76. The largest absolute Gasteiger partial charge is 0.367 e. The van der Waals surface area contributed by atoms with Gasteiger partial charge in [0, 0.05) is 6.54 Å². The lowest BCUT2D eigenvalue weighted by molar-refractivity contribution is 0.957. The van der Waals surface area contributed by atoms with Crippen molar-refractivity contribution in [1.82, 2.24) is 10.2 Å². The highest BCUT2D eigenvalue weighted by Crippen LogP contribution is 2.10. The summed E-state index contributed by atoms with van der Waals surface area (Å²) in [5, 5.41) is 19.8. The van der Waals surface area contributed by atoms with E-state index >= 15 is 0 Å². The Labute approximate surface area is 106 Å². The van der Waals surface area contributed by atoms with Crippen molar-refractivity contribution in [3.8, 4) is 6.07 Å². The quantitative estimate of drug-likeness (QED) is 0.887. The van der Waals surface area contributed by atoms with E-state index in [1.807, 2.05) is 12.1 Å². The number of benzene rings is 1. The third-order valence-electron chi connectivity index (χ3n) is 2.79. The molecule has 1 aromatic carbocycles. The van der Waals surface area contributed by atoms with E-state index in [0.717, 1.165) is 13.0 Å². The van der Waals surface area contributed by atoms with Crippen molar-refractivity contribution in [1.29, 1.82) is 5.26 Å². The highest BCUT2D eigenvalue weighted by atomic mass is 15.2. The number of hydrogen-bond acceptors (Lipinski definition) is 4. The van der Waals surface area contributed by atoms with Crippen molar-refractivity contribution in [3.63, 3.8) is 0 Å². The van der Waals surface area contributed by atoms with Crippen molar-refractivity contribution < 1.29 is 0 Å². The first-order valence-corrected chi connectivity index (χ1v) is 5.81. The molecule has 0 unspecified atom stereocenters. The number of anilines is 1. The van der Waals surface area contributed by atoms with Crippen molar-refractivity contribution in [2.45, 2.75) is 13.3 Å². The molecule has 0 atom stereocenters. The maximum atomic E-state index is 8.92. The lowest BCUT2D eigenvalue weighted by Gasteiger charge is -2.07. The zero-order chi connectivity index (χ0) is 12.8. The minimum Gasteiger partial charge on any atom is -0.367 e. The van der Waals surface area contributed by atoms with Crippen molar-refractivity contribution in [2.24, 2.45) is 0 Å². The van der Waals surface area contributed by atoms with Gasteiger partial charge in [-0.15, -0.1) is 5.10 Å². The van der Waals surface area contributed by atoms with Crippen LogP contribution in [0.25, 0.3) is 0 Å². The van der Waals surface area contributed by atoms with Crippen LogP contribution in [0.3, 0.4) is 0 Å². The van der Waals surface area contributed by atoms with Crippen LogP contribution in [0.4, 0.5) is 5.82 Å². The van der Waals surface area contributed by atoms with Gasteiger partial charge in [0.2, 0.25) is 0 Å². The molecule has 0 aliphatic rings. The first-order chi connectivity index (χ1) is 8.81. The summed E-state index contributed by atoms with van der Waals surface area (Å²) < 4.78 is 0. The molecule has 18 heavy (non-hydrogen) atoms. The van der Waals surface area contributed by atoms with Crippen molar-refractivity contribution in [2.75, 3.05) is 11.9 Å². The molecule has 0 radical (unpaired) electrons. The predicted octanol–water partition coefficient (Wildman–Crippen LogP) is 2.31. The molecule has 1 N–H and O–H groups in total. The number of rotatable bonds is 4. The molecule has 0 saturated heterocycles. The average molecular weight is 238 g/mol. The second-order valence-electron chi connectivity index (χ2n) is 4.01. The van der Waals surface area contributed by atoms with Gasteiger partial charge in [0.1, 0.15) is 6.07 Å². The Morgan fingerprint density at radius 2 is 2.11 bits per heavy atom. The van der Waals surface area contributed by atoms with Gasteiger partial charge in [-0.1, -0.05) is 24.3 Å². The molecule has 2 aromatic rings. The summed E-state index contributed by atoms with van der Waals surface area (Å²) in [6, 6.07) is 12.0. The topological polar surface area (TPSA) is 61.6 Å². The molecular formula is C14H14N4. The standard InChI is InChI=1S/C14H14N4/c1-11-4-2-3-5-12(11)6-8-16-14-13(10-15)7-9-17-18-14/h2-5,7,9H,6,8H2,1H3,(H,16,18). The van der Waals surface area contributed by atoms with Gasteiger partial charge in [0.25, 0.3) is 0 Å². The fraction of sp³-hybridized carbons (Fsp3) is 0.214. The van der Waals surface area contributed by atoms with Gasteiger partial charge >= 0.3 is 0 Å². The summed E-state index contributed by atoms with van der Waals surface area (Å²) >= 11 is 0. The minimum atomic E-state index is 0.523. The van der Waals surface area contributed by atoms with Crippen molar-refractivity contribution in [3.05, 3.63) is 53.2 Å². The summed E-state index contributed by atoms with van der Waals surface area (Å²) in [4.78, 5) is 0. The summed E-state index contributed by atoms with van der Waals surface area (Å²) in [5.74, 6) is 0.550. The maximum Gasteiger partial charge on any atom is 0.166 e. The molecule has 2 rings (SSSR count). The van der Waals surface area contributed by atoms with Gasteiger partial charge in [0.05, 0.1) is 11.8 Å². The van der Waals surface area contributed by atoms with Crippen LogP contribution < -0.4 is 5.32 Å². The van der Waals surface area contributed by atoms with Crippen LogP contribution in [0.2, 0.25) is 0 Å². The van der Waals surface area contributed by atoms with Gasteiger partial charge in [-0.3, -0.25) is 0 Å². The van der Waals surface area contributed by atoms with Crippen LogP contribution in [-0.4, -0.2) is 16.7 Å². The van der Waals surface area contributed by atoms with E-state index in [9.17, 15) is 0 Å². The molecule has 90 valence electrons. The van der Waals surface area contributed by atoms with E-state index in [-0.39, 0.29) is 0 Å². The number of nitrogens with one attached hydrogen (secondary N) is 1. The van der Waals surface area contributed by atoms with Gasteiger partial charge in [-0.05, 0) is 30.5 Å². The van der Waals surface area contributed by atoms with Gasteiger partial charge in [-0.2, -0.15) is 10.4 Å². The number of aromatic nitrogens is 2. The Kier molecular flexibility index (Phi) is 3.87. The zero-order valence-electron chi connectivity index (χ0n) is 10.2. The molecule has 0 amide bonds. The monoisotopic (exact) mass is 238 g/mol. The molecule has 0 fully saturated rings. The second-order valence-corrected chi connectivity index (χ2v) is 4.01. The number of aryl methyl sites for hydroxylation is 1. The van der Waals surface area contributed by atoms with Crippen LogP contribution in [0.15, 0.2) is 36.5 Å². The summed E-state index contributed by atoms with van der Waals surface area (Å²) in [7, 11) is 0. The SMILES string of the molecule is Cc1ccccc1CCNc1nnccc1C#N. The summed E-state index contributed by atoms with van der Waals surface area (Å²) in [6.07, 6.45) is 2.42. The van der Waals surface area contributed by atoms with E-state index in [2.05, 4.69) is 40.6 Å². The number of hydrogen-bond donors (Lipinski definition) is 1. The normalized spacial score (nSPS) is 9.78. The smallest absolute Gasteiger partial charge is 0.166 e. The first-order valence-electron chi connectivity index (χ1n) is 5.81. The van der Waals surface area contributed by atoms with Crippen LogP contribution in [-0.2, 0) is 6.42 Å². The highest BCUT2D eigenvalue weighted by molar-refractivity contribution is 5.50. The molecule has 4 nitrogen and oxygen atoms in total. The minimum absolute atomic E-state index is 0.523. The summed E-state index contributed by atoms with van der Waals surface area (Å²) in [6.45, 7) is 2.83. The first kappa shape index (κ1) is 12.1. The molecule has 1 heterocycles. The van der Waals surface area contributed by atoms with Crippen LogP contribution in [0.1, 0.15) is 16.7 Å². The average Bonchev–Trinajstić information content (AvgIpc) is 2.41. The Morgan fingerprint density at radius 1 is 1.28 bits per heavy atom. The number of nitriles is 1. The summed E-state index contributed by atoms with van der Waals surface area (Å²) in [5.41, 5.74) is 3.10. The molecule has 0 spiro atoms. The van der Waals surface area contributed by atoms with Crippen LogP contribution >= 0.6 is 0 Å². The molecule has 0 bridgehead atoms. The Morgan fingerprint density at radius 3 is 2.89 bits per heavy atom. The maximum absolute atomic E-state index is 8.92. The lowest BCUT2D eigenvalue weighted by Crippen LogP contribution is -2.09. The molecule has 0 aliphatic heterocycles. The second kappa shape index (κ2) is 5.78. The Bertz CT molecular complexity index is 572. The van der Waals surface area contributed by atoms with Gasteiger partial charge < -0.3 is 5.32 Å². The molecule has 0 saturated carbocycles. The van der Waals surface area contributed by atoms with Crippen LogP contribution in [0.5, 0.6) is 0 Å². The Hall–Kier alpha value is -2.41. The lowest BCUT2D eigenvalue weighted by atomic mass is 10.1. The third kappa shape index (κ3) is 2.83.